The highest BCUT2D eigenvalue weighted by Gasteiger charge is 2.03. The van der Waals surface area contributed by atoms with Gasteiger partial charge in [0.2, 0.25) is 0 Å². The van der Waals surface area contributed by atoms with E-state index in [9.17, 15) is 0 Å². The molecule has 0 spiro atoms. The van der Waals surface area contributed by atoms with Crippen LogP contribution in [0.5, 0.6) is 0 Å². The summed E-state index contributed by atoms with van der Waals surface area (Å²) >= 11 is 7.33. The molecule has 0 amide bonds. The predicted octanol–water partition coefficient (Wildman–Crippen LogP) is 3.42. The fourth-order valence-corrected chi connectivity index (χ4v) is 2.39. The molecule has 0 unspecified atom stereocenters. The van der Waals surface area contributed by atoms with E-state index in [1.807, 2.05) is 6.20 Å². The molecule has 0 aliphatic heterocycles. The van der Waals surface area contributed by atoms with Crippen molar-refractivity contribution in [1.29, 1.82) is 0 Å². The van der Waals surface area contributed by atoms with E-state index in [0.29, 0.717) is 4.47 Å². The zero-order chi connectivity index (χ0) is 10.4. The number of halogens is 1. The lowest BCUT2D eigenvalue weighted by Crippen LogP contribution is -2.18. The van der Waals surface area contributed by atoms with Crippen LogP contribution in [0.2, 0.25) is 4.47 Å². The zero-order valence-corrected chi connectivity index (χ0v) is 10.4. The Balaban J connectivity index is 2.23. The third-order valence-electron chi connectivity index (χ3n) is 2.09. The smallest absolute Gasteiger partial charge is 0.183 e. The lowest BCUT2D eigenvalue weighted by atomic mass is 10.2. The first-order chi connectivity index (χ1) is 6.72. The summed E-state index contributed by atoms with van der Waals surface area (Å²) in [5, 5.41) is 0. The van der Waals surface area contributed by atoms with Crippen molar-refractivity contribution in [3.63, 3.8) is 0 Å². The Bertz CT molecular complexity index is 262. The zero-order valence-electron chi connectivity index (χ0n) is 8.79. The highest BCUT2D eigenvalue weighted by molar-refractivity contribution is 7.15. The van der Waals surface area contributed by atoms with Gasteiger partial charge in [-0.05, 0) is 20.0 Å². The van der Waals surface area contributed by atoms with Crippen LogP contribution in [0.1, 0.15) is 31.1 Å². The Morgan fingerprint density at radius 1 is 1.50 bits per heavy atom. The Hall–Kier alpha value is -0.120. The second-order valence-corrected chi connectivity index (χ2v) is 5.22. The molecule has 2 nitrogen and oxygen atoms in total. The van der Waals surface area contributed by atoms with Gasteiger partial charge in [-0.15, -0.1) is 11.3 Å². The Kier molecular flexibility index (Phi) is 5.45. The molecule has 1 aromatic rings. The number of nitrogens with zero attached hydrogens (tertiary/aromatic N) is 2. The van der Waals surface area contributed by atoms with Crippen LogP contribution in [0.4, 0.5) is 0 Å². The summed E-state index contributed by atoms with van der Waals surface area (Å²) in [6.45, 7) is 4.35. The SMILES string of the molecule is CCCCCN(C)Cc1cnc(Cl)s1. The maximum absolute atomic E-state index is 5.76. The number of unbranched alkanes of at least 4 members (excludes halogenated alkanes) is 2. The molecular weight excluding hydrogens is 216 g/mol. The van der Waals surface area contributed by atoms with Crippen LogP contribution in [0.3, 0.4) is 0 Å². The van der Waals surface area contributed by atoms with Gasteiger partial charge in [-0.1, -0.05) is 31.4 Å². The van der Waals surface area contributed by atoms with Gasteiger partial charge in [0.1, 0.15) is 0 Å². The van der Waals surface area contributed by atoms with Crippen molar-refractivity contribution < 1.29 is 0 Å². The molecule has 0 aliphatic carbocycles. The van der Waals surface area contributed by atoms with E-state index in [1.165, 1.54) is 24.1 Å². The normalized spacial score (nSPS) is 11.1. The summed E-state index contributed by atoms with van der Waals surface area (Å²) in [6, 6.07) is 0. The van der Waals surface area contributed by atoms with Crippen molar-refractivity contribution in [2.75, 3.05) is 13.6 Å². The van der Waals surface area contributed by atoms with Gasteiger partial charge in [0.15, 0.2) is 4.47 Å². The number of thiazole rings is 1. The summed E-state index contributed by atoms with van der Waals surface area (Å²) in [7, 11) is 2.14. The first kappa shape index (κ1) is 12.0. The number of aromatic nitrogens is 1. The molecule has 0 aromatic carbocycles. The van der Waals surface area contributed by atoms with Crippen LogP contribution in [-0.2, 0) is 6.54 Å². The molecule has 1 aromatic heterocycles. The van der Waals surface area contributed by atoms with E-state index in [-0.39, 0.29) is 0 Å². The maximum Gasteiger partial charge on any atom is 0.183 e. The minimum Gasteiger partial charge on any atom is -0.301 e. The van der Waals surface area contributed by atoms with Crippen molar-refractivity contribution in [2.45, 2.75) is 32.7 Å². The second-order valence-electron chi connectivity index (χ2n) is 3.52. The van der Waals surface area contributed by atoms with Crippen LogP contribution in [-0.4, -0.2) is 23.5 Å². The standard InChI is InChI=1S/C10H17ClN2S/c1-3-4-5-6-13(2)8-9-7-12-10(11)14-9/h7H,3-6,8H2,1-2H3. The molecule has 0 saturated carbocycles. The third-order valence-corrected chi connectivity index (χ3v) is 3.19. The second kappa shape index (κ2) is 6.38. The molecule has 0 aliphatic rings. The Morgan fingerprint density at radius 3 is 2.86 bits per heavy atom. The summed E-state index contributed by atoms with van der Waals surface area (Å²) in [4.78, 5) is 7.59. The van der Waals surface area contributed by atoms with Crippen LogP contribution >= 0.6 is 22.9 Å². The molecule has 0 atom stereocenters. The fourth-order valence-electron chi connectivity index (χ4n) is 1.33. The molecule has 1 heterocycles. The van der Waals surface area contributed by atoms with E-state index in [1.54, 1.807) is 11.3 Å². The fraction of sp³-hybridized carbons (Fsp3) is 0.700. The van der Waals surface area contributed by atoms with Crippen molar-refractivity contribution in [2.24, 2.45) is 0 Å². The van der Waals surface area contributed by atoms with E-state index in [4.69, 9.17) is 11.6 Å². The van der Waals surface area contributed by atoms with E-state index >= 15 is 0 Å². The van der Waals surface area contributed by atoms with Gasteiger partial charge >= 0.3 is 0 Å². The maximum atomic E-state index is 5.76. The molecule has 0 fully saturated rings. The lowest BCUT2D eigenvalue weighted by molar-refractivity contribution is 0.320. The molecule has 4 heteroatoms. The van der Waals surface area contributed by atoms with Crippen LogP contribution in [0.15, 0.2) is 6.20 Å². The molecule has 80 valence electrons. The Morgan fingerprint density at radius 2 is 2.29 bits per heavy atom. The van der Waals surface area contributed by atoms with E-state index in [0.717, 1.165) is 13.1 Å². The van der Waals surface area contributed by atoms with Crippen LogP contribution in [0, 0.1) is 0 Å². The third kappa shape index (κ3) is 4.40. The topological polar surface area (TPSA) is 16.1 Å². The summed E-state index contributed by atoms with van der Waals surface area (Å²) in [5.41, 5.74) is 0. The number of hydrogen-bond donors (Lipinski definition) is 0. The monoisotopic (exact) mass is 232 g/mol. The van der Waals surface area contributed by atoms with Gasteiger partial charge in [0.25, 0.3) is 0 Å². The molecular formula is C10H17ClN2S. The van der Waals surface area contributed by atoms with Gasteiger partial charge in [-0.2, -0.15) is 0 Å². The summed E-state index contributed by atoms with van der Waals surface area (Å²) in [5.74, 6) is 0. The van der Waals surface area contributed by atoms with Gasteiger partial charge in [-0.25, -0.2) is 4.98 Å². The molecule has 1 rings (SSSR count). The van der Waals surface area contributed by atoms with Gasteiger partial charge < -0.3 is 4.90 Å². The minimum absolute atomic E-state index is 0.641. The van der Waals surface area contributed by atoms with Gasteiger partial charge in [-0.3, -0.25) is 0 Å². The van der Waals surface area contributed by atoms with Crippen LogP contribution < -0.4 is 0 Å². The molecule has 0 bridgehead atoms. The molecule has 0 saturated heterocycles. The van der Waals surface area contributed by atoms with Crippen molar-refractivity contribution in [3.05, 3.63) is 15.5 Å². The summed E-state index contributed by atoms with van der Waals surface area (Å²) in [6.07, 6.45) is 5.73. The predicted molar refractivity (Wildman–Crippen MR) is 63.0 cm³/mol. The first-order valence-electron chi connectivity index (χ1n) is 5.01. The van der Waals surface area contributed by atoms with Crippen molar-refractivity contribution in [3.8, 4) is 0 Å². The highest BCUT2D eigenvalue weighted by Crippen LogP contribution is 2.18. The van der Waals surface area contributed by atoms with Crippen molar-refractivity contribution >= 4 is 22.9 Å². The van der Waals surface area contributed by atoms with Gasteiger partial charge in [0.05, 0.1) is 0 Å². The molecule has 14 heavy (non-hydrogen) atoms. The summed E-state index contributed by atoms with van der Waals surface area (Å²) < 4.78 is 0.641. The van der Waals surface area contributed by atoms with E-state index in [2.05, 4.69) is 23.9 Å². The lowest BCUT2D eigenvalue weighted by Gasteiger charge is -2.14. The Labute approximate surface area is 94.9 Å². The number of hydrogen-bond acceptors (Lipinski definition) is 3. The van der Waals surface area contributed by atoms with E-state index < -0.39 is 0 Å². The highest BCUT2D eigenvalue weighted by atomic mass is 35.5. The van der Waals surface area contributed by atoms with Crippen LogP contribution in [0.25, 0.3) is 0 Å². The number of rotatable bonds is 6. The first-order valence-corrected chi connectivity index (χ1v) is 6.20. The average Bonchev–Trinajstić information content (AvgIpc) is 2.52. The van der Waals surface area contributed by atoms with Crippen molar-refractivity contribution in [1.82, 2.24) is 9.88 Å². The quantitative estimate of drug-likeness (QED) is 0.699. The minimum atomic E-state index is 0.641. The largest absolute Gasteiger partial charge is 0.301 e. The van der Waals surface area contributed by atoms with Gasteiger partial charge in [0, 0.05) is 17.6 Å². The molecule has 0 N–H and O–H groups in total. The molecule has 0 radical (unpaired) electrons. The average molecular weight is 233 g/mol.